The van der Waals surface area contributed by atoms with Gasteiger partial charge in [-0.1, -0.05) is 29.8 Å². The molecular weight excluding hydrogens is 520 g/mol. The first kappa shape index (κ1) is 25.4. The topological polar surface area (TPSA) is 64.0 Å². The van der Waals surface area contributed by atoms with Crippen molar-refractivity contribution in [3.63, 3.8) is 0 Å². The Hall–Kier alpha value is -3.84. The van der Waals surface area contributed by atoms with E-state index in [9.17, 15) is 14.0 Å². The normalized spacial score (nSPS) is 18.2. The SMILES string of the molecule is Cc1cnc(-c2cccc(NC(=O)C3CC3)c2F)cc1-n1c(C)cc([C@H]2C[C@@H]2c2ccc(F)cc2)c(Cl)c1=O. The molecule has 1 amide bonds. The Morgan fingerprint density at radius 1 is 1.05 bits per heavy atom. The number of benzene rings is 2. The van der Waals surface area contributed by atoms with Gasteiger partial charge in [-0.2, -0.15) is 0 Å². The molecule has 0 spiro atoms. The van der Waals surface area contributed by atoms with E-state index in [0.29, 0.717) is 17.1 Å². The highest BCUT2D eigenvalue weighted by Gasteiger charge is 2.41. The van der Waals surface area contributed by atoms with Crippen LogP contribution < -0.4 is 10.9 Å². The molecule has 2 saturated carbocycles. The highest BCUT2D eigenvalue weighted by Crippen LogP contribution is 2.55. The fraction of sp³-hybridized carbons (Fsp3) is 0.258. The number of hydrogen-bond acceptors (Lipinski definition) is 3. The zero-order chi connectivity index (χ0) is 27.4. The molecule has 2 fully saturated rings. The number of amides is 1. The summed E-state index contributed by atoms with van der Waals surface area (Å²) in [6.07, 6.45) is 4.07. The van der Waals surface area contributed by atoms with Crippen LogP contribution in [-0.2, 0) is 4.79 Å². The number of carbonyl (C=O) groups is 1. The molecule has 2 aromatic carbocycles. The fourth-order valence-electron chi connectivity index (χ4n) is 5.23. The lowest BCUT2D eigenvalue weighted by atomic mass is 10.0. The molecule has 4 aromatic rings. The Labute approximate surface area is 229 Å². The average molecular weight is 546 g/mol. The number of pyridine rings is 2. The number of nitrogens with zero attached hydrogens (tertiary/aromatic N) is 2. The number of hydrogen-bond donors (Lipinski definition) is 1. The van der Waals surface area contributed by atoms with E-state index in [4.69, 9.17) is 11.6 Å². The van der Waals surface area contributed by atoms with Crippen molar-refractivity contribution in [1.29, 1.82) is 0 Å². The van der Waals surface area contributed by atoms with Crippen LogP contribution in [-0.4, -0.2) is 15.5 Å². The van der Waals surface area contributed by atoms with Crippen LogP contribution in [0.5, 0.6) is 0 Å². The van der Waals surface area contributed by atoms with Crippen molar-refractivity contribution in [2.45, 2.75) is 44.9 Å². The molecule has 0 saturated heterocycles. The summed E-state index contributed by atoms with van der Waals surface area (Å²) in [6, 6.07) is 14.8. The van der Waals surface area contributed by atoms with E-state index in [1.165, 1.54) is 22.8 Å². The van der Waals surface area contributed by atoms with Crippen LogP contribution in [0.15, 0.2) is 65.6 Å². The second-order valence-electron chi connectivity index (χ2n) is 10.5. The molecule has 198 valence electrons. The summed E-state index contributed by atoms with van der Waals surface area (Å²) in [5, 5.41) is 2.82. The summed E-state index contributed by atoms with van der Waals surface area (Å²) in [6.45, 7) is 3.67. The molecule has 0 aliphatic heterocycles. The molecule has 2 aliphatic carbocycles. The van der Waals surface area contributed by atoms with E-state index in [1.54, 1.807) is 36.5 Å². The highest BCUT2D eigenvalue weighted by molar-refractivity contribution is 6.31. The van der Waals surface area contributed by atoms with Gasteiger partial charge in [-0.15, -0.1) is 0 Å². The monoisotopic (exact) mass is 545 g/mol. The van der Waals surface area contributed by atoms with Crippen LogP contribution in [0.25, 0.3) is 16.9 Å². The lowest BCUT2D eigenvalue weighted by Gasteiger charge is -2.17. The molecule has 2 aromatic heterocycles. The average Bonchev–Trinajstić information content (AvgIpc) is 3.83. The van der Waals surface area contributed by atoms with Gasteiger partial charge in [-0.05, 0) is 98.0 Å². The number of rotatable bonds is 6. The lowest BCUT2D eigenvalue weighted by Crippen LogP contribution is -2.23. The summed E-state index contributed by atoms with van der Waals surface area (Å²) in [5.41, 5.74) is 4.06. The van der Waals surface area contributed by atoms with Crippen LogP contribution in [0.2, 0.25) is 5.02 Å². The number of nitrogens with one attached hydrogen (secondary N) is 1. The van der Waals surface area contributed by atoms with Gasteiger partial charge < -0.3 is 5.32 Å². The summed E-state index contributed by atoms with van der Waals surface area (Å²) >= 11 is 6.66. The summed E-state index contributed by atoms with van der Waals surface area (Å²) in [4.78, 5) is 30.2. The molecular formula is C31H26ClF2N3O2. The predicted molar refractivity (Wildman–Crippen MR) is 148 cm³/mol. The summed E-state index contributed by atoms with van der Waals surface area (Å²) in [5.74, 6) is -0.830. The molecule has 0 bridgehead atoms. The molecule has 2 aliphatic rings. The smallest absolute Gasteiger partial charge is 0.274 e. The molecule has 6 rings (SSSR count). The van der Waals surface area contributed by atoms with Crippen LogP contribution in [0.4, 0.5) is 14.5 Å². The van der Waals surface area contributed by atoms with Crippen molar-refractivity contribution in [3.8, 4) is 16.9 Å². The van der Waals surface area contributed by atoms with E-state index < -0.39 is 5.82 Å². The van der Waals surface area contributed by atoms with Gasteiger partial charge in [-0.3, -0.25) is 19.1 Å². The maximum atomic E-state index is 15.4. The number of aromatic nitrogens is 2. The van der Waals surface area contributed by atoms with Gasteiger partial charge in [0.25, 0.3) is 5.56 Å². The van der Waals surface area contributed by atoms with Crippen LogP contribution in [0.3, 0.4) is 0 Å². The van der Waals surface area contributed by atoms with E-state index in [2.05, 4.69) is 10.3 Å². The van der Waals surface area contributed by atoms with E-state index >= 15 is 4.39 Å². The largest absolute Gasteiger partial charge is 0.323 e. The Bertz CT molecular complexity index is 1680. The quantitative estimate of drug-likeness (QED) is 0.282. The van der Waals surface area contributed by atoms with Crippen molar-refractivity contribution >= 4 is 23.2 Å². The molecule has 2 atom stereocenters. The van der Waals surface area contributed by atoms with Gasteiger partial charge >= 0.3 is 0 Å². The first-order valence-electron chi connectivity index (χ1n) is 13.0. The van der Waals surface area contributed by atoms with Gasteiger partial charge in [-0.25, -0.2) is 8.78 Å². The number of halogens is 3. The van der Waals surface area contributed by atoms with Gasteiger partial charge in [0.05, 0.1) is 17.1 Å². The lowest BCUT2D eigenvalue weighted by molar-refractivity contribution is -0.117. The van der Waals surface area contributed by atoms with Crippen molar-refractivity contribution in [1.82, 2.24) is 9.55 Å². The zero-order valence-electron chi connectivity index (χ0n) is 21.5. The second-order valence-corrected chi connectivity index (χ2v) is 10.9. The summed E-state index contributed by atoms with van der Waals surface area (Å²) in [7, 11) is 0. The molecule has 2 heterocycles. The summed E-state index contributed by atoms with van der Waals surface area (Å²) < 4.78 is 30.3. The van der Waals surface area contributed by atoms with Crippen molar-refractivity contribution in [2.75, 3.05) is 5.32 Å². The third-order valence-electron chi connectivity index (χ3n) is 7.65. The first-order chi connectivity index (χ1) is 18.7. The van der Waals surface area contributed by atoms with Crippen LogP contribution in [0.1, 0.15) is 53.5 Å². The van der Waals surface area contributed by atoms with Gasteiger partial charge in [0.2, 0.25) is 5.91 Å². The predicted octanol–water partition coefficient (Wildman–Crippen LogP) is 7.07. The molecule has 1 N–H and O–H groups in total. The van der Waals surface area contributed by atoms with E-state index in [0.717, 1.165) is 36.0 Å². The number of anilines is 1. The second kappa shape index (κ2) is 9.72. The number of aryl methyl sites for hydroxylation is 2. The Balaban J connectivity index is 1.35. The minimum Gasteiger partial charge on any atom is -0.323 e. The molecule has 5 nitrogen and oxygen atoms in total. The minimum atomic E-state index is -0.577. The van der Waals surface area contributed by atoms with Crippen molar-refractivity contribution in [3.05, 3.63) is 110 Å². The van der Waals surface area contributed by atoms with E-state index in [1.807, 2.05) is 19.9 Å². The Morgan fingerprint density at radius 2 is 1.79 bits per heavy atom. The Morgan fingerprint density at radius 3 is 2.51 bits per heavy atom. The van der Waals surface area contributed by atoms with Gasteiger partial charge in [0.15, 0.2) is 5.82 Å². The zero-order valence-corrected chi connectivity index (χ0v) is 22.2. The van der Waals surface area contributed by atoms with Gasteiger partial charge in [0, 0.05) is 23.4 Å². The third-order valence-corrected chi connectivity index (χ3v) is 8.03. The molecule has 0 radical (unpaired) electrons. The van der Waals surface area contributed by atoms with Crippen molar-refractivity contribution in [2.24, 2.45) is 5.92 Å². The number of carbonyl (C=O) groups excluding carboxylic acids is 1. The standard InChI is InChI=1S/C31H26ClF2N3O2/c1-16-15-35-26(21-4-3-5-25(29(21)34)36-30(38)19-6-7-19)14-27(16)37-17(2)12-24(28(32)31(37)39)23-13-22(23)18-8-10-20(33)11-9-18/h3-5,8-12,14-15,19,22-23H,6-7,13H2,1-2H3,(H,36,38)/t22-,23+/m1/s1. The fourth-order valence-corrected chi connectivity index (χ4v) is 5.51. The first-order valence-corrected chi connectivity index (χ1v) is 13.3. The van der Waals surface area contributed by atoms with Crippen LogP contribution >= 0.6 is 11.6 Å². The molecule has 0 unspecified atom stereocenters. The maximum Gasteiger partial charge on any atom is 0.274 e. The molecule has 39 heavy (non-hydrogen) atoms. The van der Waals surface area contributed by atoms with Crippen molar-refractivity contribution < 1.29 is 13.6 Å². The maximum absolute atomic E-state index is 15.4. The Kier molecular flexibility index (Phi) is 6.34. The minimum absolute atomic E-state index is 0.0543. The van der Waals surface area contributed by atoms with Crippen LogP contribution in [0, 0.1) is 31.4 Å². The molecule has 8 heteroatoms. The third kappa shape index (κ3) is 4.76. The van der Waals surface area contributed by atoms with Gasteiger partial charge in [0.1, 0.15) is 10.8 Å². The van der Waals surface area contributed by atoms with E-state index in [-0.39, 0.29) is 51.3 Å². The highest BCUT2D eigenvalue weighted by atomic mass is 35.5.